The zero-order chi connectivity index (χ0) is 14.5. The highest BCUT2D eigenvalue weighted by molar-refractivity contribution is 7.11. The Morgan fingerprint density at radius 3 is 2.71 bits per heavy atom. The van der Waals surface area contributed by atoms with E-state index in [2.05, 4.69) is 46.7 Å². The van der Waals surface area contributed by atoms with Crippen molar-refractivity contribution in [2.75, 3.05) is 19.8 Å². The van der Waals surface area contributed by atoms with E-state index in [9.17, 15) is 0 Å². The van der Waals surface area contributed by atoms with Crippen LogP contribution in [-0.4, -0.2) is 30.0 Å². The average Bonchev–Trinajstić information content (AvgIpc) is 3.04. The molecule has 0 radical (unpaired) electrons. The molecule has 1 aromatic carbocycles. The summed E-state index contributed by atoms with van der Waals surface area (Å²) in [6.07, 6.45) is 2.12. The van der Waals surface area contributed by atoms with E-state index in [0.29, 0.717) is 5.92 Å². The van der Waals surface area contributed by atoms with Crippen LogP contribution < -0.4 is 5.32 Å². The molecule has 0 amide bonds. The summed E-state index contributed by atoms with van der Waals surface area (Å²) in [4.78, 5) is 0. The number of aromatic nitrogens is 2. The summed E-state index contributed by atoms with van der Waals surface area (Å²) in [5.41, 5.74) is 1.24. The fourth-order valence-corrected chi connectivity index (χ4v) is 3.79. The number of benzene rings is 1. The van der Waals surface area contributed by atoms with Gasteiger partial charge in [0.1, 0.15) is 10.0 Å². The molecular formula is C16H21N3OS. The third-order valence-electron chi connectivity index (χ3n) is 3.81. The number of rotatable bonds is 5. The van der Waals surface area contributed by atoms with Crippen LogP contribution in [0.5, 0.6) is 0 Å². The zero-order valence-electron chi connectivity index (χ0n) is 12.3. The van der Waals surface area contributed by atoms with Crippen LogP contribution >= 0.6 is 11.3 Å². The van der Waals surface area contributed by atoms with Crippen molar-refractivity contribution in [2.45, 2.75) is 31.7 Å². The van der Waals surface area contributed by atoms with Crippen LogP contribution in [0.1, 0.15) is 47.3 Å². The molecule has 1 aromatic heterocycles. The van der Waals surface area contributed by atoms with E-state index in [1.54, 1.807) is 11.3 Å². The van der Waals surface area contributed by atoms with E-state index in [4.69, 9.17) is 4.74 Å². The summed E-state index contributed by atoms with van der Waals surface area (Å²) in [7, 11) is 0. The van der Waals surface area contributed by atoms with Crippen molar-refractivity contribution in [1.82, 2.24) is 15.5 Å². The first-order valence-electron chi connectivity index (χ1n) is 7.58. The first kappa shape index (κ1) is 14.6. The summed E-state index contributed by atoms with van der Waals surface area (Å²) in [5, 5.41) is 14.6. The molecule has 0 bridgehead atoms. The summed E-state index contributed by atoms with van der Waals surface area (Å²) < 4.78 is 5.43. The van der Waals surface area contributed by atoms with E-state index >= 15 is 0 Å². The van der Waals surface area contributed by atoms with Gasteiger partial charge in [-0.1, -0.05) is 48.6 Å². The van der Waals surface area contributed by atoms with E-state index < -0.39 is 0 Å². The molecule has 5 heteroatoms. The van der Waals surface area contributed by atoms with Crippen LogP contribution in [0.15, 0.2) is 30.3 Å². The van der Waals surface area contributed by atoms with Crippen LogP contribution in [0, 0.1) is 0 Å². The Kier molecular flexibility index (Phi) is 4.95. The maximum atomic E-state index is 5.43. The Morgan fingerprint density at radius 1 is 1.24 bits per heavy atom. The maximum Gasteiger partial charge on any atom is 0.139 e. The minimum Gasteiger partial charge on any atom is -0.381 e. The third-order valence-corrected chi connectivity index (χ3v) is 4.97. The van der Waals surface area contributed by atoms with Crippen LogP contribution in [0.25, 0.3) is 0 Å². The van der Waals surface area contributed by atoms with E-state index in [-0.39, 0.29) is 6.04 Å². The molecule has 0 saturated carbocycles. The standard InChI is InChI=1S/C16H21N3OS/c1-2-17-14(12-6-4-3-5-7-12)16-19-18-15(21-16)13-8-10-20-11-9-13/h3-7,13-14,17H,2,8-11H2,1H3. The summed E-state index contributed by atoms with van der Waals surface area (Å²) >= 11 is 1.74. The second kappa shape index (κ2) is 7.11. The Bertz CT molecular complexity index is 552. The minimum atomic E-state index is 0.141. The predicted molar refractivity (Wildman–Crippen MR) is 84.7 cm³/mol. The molecule has 2 heterocycles. The fourth-order valence-electron chi connectivity index (χ4n) is 2.67. The van der Waals surface area contributed by atoms with Crippen LogP contribution in [-0.2, 0) is 4.74 Å². The molecule has 1 atom stereocenters. The van der Waals surface area contributed by atoms with Gasteiger partial charge in [-0.2, -0.15) is 0 Å². The second-order valence-electron chi connectivity index (χ2n) is 5.27. The van der Waals surface area contributed by atoms with Gasteiger partial charge in [-0.15, -0.1) is 10.2 Å². The lowest BCUT2D eigenvalue weighted by atomic mass is 10.0. The van der Waals surface area contributed by atoms with E-state index in [0.717, 1.165) is 42.6 Å². The van der Waals surface area contributed by atoms with Crippen molar-refractivity contribution in [1.29, 1.82) is 0 Å². The van der Waals surface area contributed by atoms with Crippen LogP contribution in [0.4, 0.5) is 0 Å². The highest BCUT2D eigenvalue weighted by Gasteiger charge is 2.23. The molecule has 112 valence electrons. The van der Waals surface area contributed by atoms with Crippen LogP contribution in [0.2, 0.25) is 0 Å². The van der Waals surface area contributed by atoms with Crippen molar-refractivity contribution >= 4 is 11.3 Å². The molecule has 4 nitrogen and oxygen atoms in total. The number of nitrogens with zero attached hydrogens (tertiary/aromatic N) is 2. The zero-order valence-corrected chi connectivity index (χ0v) is 13.1. The summed E-state index contributed by atoms with van der Waals surface area (Å²) in [6.45, 7) is 4.71. The quantitative estimate of drug-likeness (QED) is 0.922. The van der Waals surface area contributed by atoms with Crippen LogP contribution in [0.3, 0.4) is 0 Å². The molecule has 1 fully saturated rings. The molecule has 1 unspecified atom stereocenters. The molecule has 3 rings (SSSR count). The van der Waals surface area contributed by atoms with Crippen molar-refractivity contribution < 1.29 is 4.74 Å². The fraction of sp³-hybridized carbons (Fsp3) is 0.500. The highest BCUT2D eigenvalue weighted by atomic mass is 32.1. The van der Waals surface area contributed by atoms with Gasteiger partial charge >= 0.3 is 0 Å². The summed E-state index contributed by atoms with van der Waals surface area (Å²) in [6, 6.07) is 10.6. The molecule has 1 aliphatic rings. The normalized spacial score (nSPS) is 17.8. The van der Waals surface area contributed by atoms with Gasteiger partial charge in [-0.25, -0.2) is 0 Å². The molecular weight excluding hydrogens is 282 g/mol. The Morgan fingerprint density at radius 2 is 2.00 bits per heavy atom. The SMILES string of the molecule is CCNC(c1ccccc1)c1nnc(C2CCOCC2)s1. The monoisotopic (exact) mass is 303 g/mol. The largest absolute Gasteiger partial charge is 0.381 e. The summed E-state index contributed by atoms with van der Waals surface area (Å²) in [5.74, 6) is 0.517. The van der Waals surface area contributed by atoms with Crippen molar-refractivity contribution in [3.05, 3.63) is 45.9 Å². The first-order chi connectivity index (χ1) is 10.4. The molecule has 0 aliphatic carbocycles. The number of hydrogen-bond donors (Lipinski definition) is 1. The van der Waals surface area contributed by atoms with Gasteiger partial charge in [0.15, 0.2) is 0 Å². The Hall–Kier alpha value is -1.30. The van der Waals surface area contributed by atoms with Gasteiger partial charge in [0.2, 0.25) is 0 Å². The molecule has 1 saturated heterocycles. The maximum absolute atomic E-state index is 5.43. The van der Waals surface area contributed by atoms with Crippen molar-refractivity contribution in [3.8, 4) is 0 Å². The van der Waals surface area contributed by atoms with Gasteiger partial charge in [-0.3, -0.25) is 0 Å². The third kappa shape index (κ3) is 3.48. The van der Waals surface area contributed by atoms with E-state index in [1.165, 1.54) is 5.56 Å². The molecule has 1 aliphatic heterocycles. The number of ether oxygens (including phenoxy) is 1. The lowest BCUT2D eigenvalue weighted by Gasteiger charge is -2.19. The van der Waals surface area contributed by atoms with E-state index in [1.807, 2.05) is 6.07 Å². The lowest BCUT2D eigenvalue weighted by Crippen LogP contribution is -2.21. The second-order valence-corrected chi connectivity index (χ2v) is 6.31. The Balaban J connectivity index is 1.81. The van der Waals surface area contributed by atoms with Crippen molar-refractivity contribution in [2.24, 2.45) is 0 Å². The van der Waals surface area contributed by atoms with Gasteiger partial charge in [0.25, 0.3) is 0 Å². The molecule has 1 N–H and O–H groups in total. The topological polar surface area (TPSA) is 47.0 Å². The van der Waals surface area contributed by atoms with Gasteiger partial charge < -0.3 is 10.1 Å². The lowest BCUT2D eigenvalue weighted by molar-refractivity contribution is 0.0851. The molecule has 21 heavy (non-hydrogen) atoms. The number of hydrogen-bond acceptors (Lipinski definition) is 5. The average molecular weight is 303 g/mol. The minimum absolute atomic E-state index is 0.141. The van der Waals surface area contributed by atoms with Gasteiger partial charge in [-0.05, 0) is 24.9 Å². The van der Waals surface area contributed by atoms with Gasteiger partial charge in [0.05, 0.1) is 6.04 Å². The molecule has 2 aromatic rings. The Labute approximate surface area is 129 Å². The highest BCUT2D eigenvalue weighted by Crippen LogP contribution is 2.32. The van der Waals surface area contributed by atoms with Gasteiger partial charge in [0, 0.05) is 19.1 Å². The number of nitrogens with one attached hydrogen (secondary N) is 1. The predicted octanol–water partition coefficient (Wildman–Crippen LogP) is 3.13. The molecule has 0 spiro atoms. The first-order valence-corrected chi connectivity index (χ1v) is 8.39. The smallest absolute Gasteiger partial charge is 0.139 e. The van der Waals surface area contributed by atoms with Crippen molar-refractivity contribution in [3.63, 3.8) is 0 Å².